The molecule has 5 heteroatoms. The SMILES string of the molecule is O=C(O)C12COc3ccccc3C1CN(C1CCOCC1)C2. The zero-order chi connectivity index (χ0) is 15.2. The van der Waals surface area contributed by atoms with Crippen LogP contribution in [0.3, 0.4) is 0 Å². The first-order valence-corrected chi connectivity index (χ1v) is 7.98. The average Bonchev–Trinajstić information content (AvgIpc) is 2.97. The number of hydrogen-bond acceptors (Lipinski definition) is 4. The van der Waals surface area contributed by atoms with Crippen LogP contribution in [0.5, 0.6) is 5.75 Å². The fourth-order valence-corrected chi connectivity index (χ4v) is 4.20. The van der Waals surface area contributed by atoms with Crippen molar-refractivity contribution in [3.8, 4) is 5.75 Å². The number of rotatable bonds is 2. The maximum Gasteiger partial charge on any atom is 0.315 e. The predicted octanol–water partition coefficient (Wildman–Crippen LogP) is 1.73. The number of likely N-dealkylation sites (tertiary alicyclic amines) is 1. The molecular formula is C17H21NO4. The number of hydrogen-bond donors (Lipinski definition) is 1. The Bertz CT molecular complexity index is 584. The van der Waals surface area contributed by atoms with Gasteiger partial charge in [-0.15, -0.1) is 0 Å². The molecule has 0 spiro atoms. The molecule has 4 rings (SSSR count). The first kappa shape index (κ1) is 14.0. The van der Waals surface area contributed by atoms with E-state index in [0.717, 1.165) is 43.9 Å². The van der Waals surface area contributed by atoms with Crippen molar-refractivity contribution in [2.24, 2.45) is 5.41 Å². The standard InChI is InChI=1S/C17H21NO4/c19-16(20)17-10-18(12-5-7-21-8-6-12)9-14(17)13-3-1-2-4-15(13)22-11-17/h1-4,12,14H,5-11H2,(H,19,20). The first-order chi connectivity index (χ1) is 10.7. The number of carboxylic acids is 1. The van der Waals surface area contributed by atoms with Gasteiger partial charge < -0.3 is 14.6 Å². The van der Waals surface area contributed by atoms with E-state index < -0.39 is 11.4 Å². The van der Waals surface area contributed by atoms with Gasteiger partial charge in [0.2, 0.25) is 0 Å². The fourth-order valence-electron chi connectivity index (χ4n) is 4.20. The van der Waals surface area contributed by atoms with Crippen molar-refractivity contribution < 1.29 is 19.4 Å². The van der Waals surface area contributed by atoms with Gasteiger partial charge in [0.15, 0.2) is 0 Å². The van der Waals surface area contributed by atoms with Crippen LogP contribution in [0, 0.1) is 5.41 Å². The van der Waals surface area contributed by atoms with E-state index in [1.54, 1.807) is 0 Å². The van der Waals surface area contributed by atoms with Gasteiger partial charge in [-0.05, 0) is 24.5 Å². The van der Waals surface area contributed by atoms with E-state index in [2.05, 4.69) is 4.90 Å². The second-order valence-electron chi connectivity index (χ2n) is 6.61. The molecule has 0 amide bonds. The lowest BCUT2D eigenvalue weighted by Gasteiger charge is -2.36. The molecule has 2 fully saturated rings. The number of carboxylic acid groups (broad SMARTS) is 1. The molecule has 2 saturated heterocycles. The van der Waals surface area contributed by atoms with E-state index in [1.807, 2.05) is 24.3 Å². The number of fused-ring (bicyclic) bond motifs is 3. The number of benzene rings is 1. The Labute approximate surface area is 129 Å². The number of para-hydroxylation sites is 1. The molecule has 0 aromatic heterocycles. The average molecular weight is 303 g/mol. The zero-order valence-electron chi connectivity index (χ0n) is 12.5. The van der Waals surface area contributed by atoms with Gasteiger partial charge in [-0.25, -0.2) is 0 Å². The third-order valence-corrected chi connectivity index (χ3v) is 5.48. The number of aliphatic carboxylic acids is 1. The van der Waals surface area contributed by atoms with Gasteiger partial charge in [0, 0.05) is 38.3 Å². The van der Waals surface area contributed by atoms with Gasteiger partial charge in [0.1, 0.15) is 17.8 Å². The van der Waals surface area contributed by atoms with Crippen LogP contribution in [-0.4, -0.2) is 54.9 Å². The lowest BCUT2D eigenvalue weighted by molar-refractivity contribution is -0.152. The predicted molar refractivity (Wildman–Crippen MR) is 80.2 cm³/mol. The van der Waals surface area contributed by atoms with E-state index >= 15 is 0 Å². The number of carbonyl (C=O) groups is 1. The Morgan fingerprint density at radius 2 is 2.05 bits per heavy atom. The highest BCUT2D eigenvalue weighted by atomic mass is 16.5. The molecule has 0 radical (unpaired) electrons. The summed E-state index contributed by atoms with van der Waals surface area (Å²) < 4.78 is 11.2. The van der Waals surface area contributed by atoms with Crippen molar-refractivity contribution >= 4 is 5.97 Å². The van der Waals surface area contributed by atoms with Gasteiger partial charge in [0.25, 0.3) is 0 Å². The van der Waals surface area contributed by atoms with Crippen molar-refractivity contribution in [2.45, 2.75) is 24.8 Å². The summed E-state index contributed by atoms with van der Waals surface area (Å²) in [7, 11) is 0. The topological polar surface area (TPSA) is 59.0 Å². The minimum atomic E-state index is -0.813. The molecule has 0 saturated carbocycles. The van der Waals surface area contributed by atoms with Crippen molar-refractivity contribution in [1.82, 2.24) is 4.90 Å². The molecule has 1 aromatic carbocycles. The van der Waals surface area contributed by atoms with Crippen molar-refractivity contribution in [3.05, 3.63) is 29.8 Å². The van der Waals surface area contributed by atoms with E-state index in [1.165, 1.54) is 0 Å². The molecule has 2 atom stereocenters. The lowest BCUT2D eigenvalue weighted by atomic mass is 9.73. The molecule has 1 aromatic rings. The van der Waals surface area contributed by atoms with Crippen LogP contribution in [0.25, 0.3) is 0 Å². The van der Waals surface area contributed by atoms with Crippen LogP contribution in [0.1, 0.15) is 24.3 Å². The molecule has 3 aliphatic rings. The molecule has 5 nitrogen and oxygen atoms in total. The number of nitrogens with zero attached hydrogens (tertiary/aromatic N) is 1. The van der Waals surface area contributed by atoms with Gasteiger partial charge in [-0.2, -0.15) is 0 Å². The van der Waals surface area contributed by atoms with Crippen LogP contribution in [0.4, 0.5) is 0 Å². The van der Waals surface area contributed by atoms with Crippen LogP contribution < -0.4 is 4.74 Å². The molecule has 2 unspecified atom stereocenters. The fraction of sp³-hybridized carbons (Fsp3) is 0.588. The molecule has 0 bridgehead atoms. The Hall–Kier alpha value is -1.59. The van der Waals surface area contributed by atoms with E-state index in [9.17, 15) is 9.90 Å². The smallest absolute Gasteiger partial charge is 0.315 e. The monoisotopic (exact) mass is 303 g/mol. The Balaban J connectivity index is 1.68. The minimum Gasteiger partial charge on any atom is -0.492 e. The maximum absolute atomic E-state index is 12.1. The lowest BCUT2D eigenvalue weighted by Crippen LogP contribution is -2.46. The maximum atomic E-state index is 12.1. The Kier molecular flexibility index (Phi) is 3.35. The molecule has 3 aliphatic heterocycles. The third-order valence-electron chi connectivity index (χ3n) is 5.48. The Morgan fingerprint density at radius 3 is 2.82 bits per heavy atom. The number of ether oxygens (including phenoxy) is 2. The molecule has 3 heterocycles. The molecule has 22 heavy (non-hydrogen) atoms. The van der Waals surface area contributed by atoms with Crippen LogP contribution in [-0.2, 0) is 9.53 Å². The van der Waals surface area contributed by atoms with Crippen molar-refractivity contribution in [1.29, 1.82) is 0 Å². The highest BCUT2D eigenvalue weighted by molar-refractivity contribution is 5.78. The third kappa shape index (κ3) is 2.03. The second-order valence-corrected chi connectivity index (χ2v) is 6.61. The van der Waals surface area contributed by atoms with E-state index in [4.69, 9.17) is 9.47 Å². The van der Waals surface area contributed by atoms with E-state index in [0.29, 0.717) is 12.6 Å². The Morgan fingerprint density at radius 1 is 1.27 bits per heavy atom. The molecule has 118 valence electrons. The normalized spacial score (nSPS) is 32.1. The molecule has 1 N–H and O–H groups in total. The van der Waals surface area contributed by atoms with Crippen molar-refractivity contribution in [3.63, 3.8) is 0 Å². The molecular weight excluding hydrogens is 282 g/mol. The van der Waals surface area contributed by atoms with Gasteiger partial charge in [0.05, 0.1) is 0 Å². The highest BCUT2D eigenvalue weighted by Crippen LogP contribution is 2.50. The van der Waals surface area contributed by atoms with Crippen LogP contribution in [0.2, 0.25) is 0 Å². The van der Waals surface area contributed by atoms with Crippen LogP contribution >= 0.6 is 0 Å². The first-order valence-electron chi connectivity index (χ1n) is 7.98. The van der Waals surface area contributed by atoms with Gasteiger partial charge in [-0.1, -0.05) is 18.2 Å². The summed E-state index contributed by atoms with van der Waals surface area (Å²) in [6.45, 7) is 3.20. The zero-order valence-corrected chi connectivity index (χ0v) is 12.5. The van der Waals surface area contributed by atoms with Crippen LogP contribution in [0.15, 0.2) is 24.3 Å². The summed E-state index contributed by atoms with van der Waals surface area (Å²) in [4.78, 5) is 14.4. The summed E-state index contributed by atoms with van der Waals surface area (Å²) in [5.74, 6) is 0.123. The van der Waals surface area contributed by atoms with Gasteiger partial charge >= 0.3 is 5.97 Å². The largest absolute Gasteiger partial charge is 0.492 e. The van der Waals surface area contributed by atoms with Gasteiger partial charge in [-0.3, -0.25) is 9.69 Å². The van der Waals surface area contributed by atoms with E-state index in [-0.39, 0.29) is 12.5 Å². The minimum absolute atomic E-state index is 0.0118. The summed E-state index contributed by atoms with van der Waals surface area (Å²) >= 11 is 0. The molecule has 0 aliphatic carbocycles. The summed E-state index contributed by atoms with van der Waals surface area (Å²) in [6, 6.07) is 8.31. The highest BCUT2D eigenvalue weighted by Gasteiger charge is 2.57. The second kappa shape index (κ2) is 5.25. The quantitative estimate of drug-likeness (QED) is 0.901. The summed E-state index contributed by atoms with van der Waals surface area (Å²) in [5.41, 5.74) is 0.234. The van der Waals surface area contributed by atoms with Crippen molar-refractivity contribution in [2.75, 3.05) is 32.9 Å². The summed E-state index contributed by atoms with van der Waals surface area (Å²) in [5, 5.41) is 9.91. The summed E-state index contributed by atoms with van der Waals surface area (Å²) in [6.07, 6.45) is 1.98.